The fourth-order valence-electron chi connectivity index (χ4n) is 2.40. The topological polar surface area (TPSA) is 9.23 Å². The van der Waals surface area contributed by atoms with Crippen LogP contribution in [-0.4, -0.2) is 12.7 Å². The summed E-state index contributed by atoms with van der Waals surface area (Å²) in [5, 5.41) is 0. The SMILES string of the molecule is CC(C)OCC(C)(C)CCC/C=C/c1cccc(C(C)C)c1. The first-order chi connectivity index (χ1) is 10.3. The van der Waals surface area contributed by atoms with Crippen LogP contribution in [0, 0.1) is 5.41 Å². The van der Waals surface area contributed by atoms with Crippen LogP contribution in [0.15, 0.2) is 30.3 Å². The van der Waals surface area contributed by atoms with Crippen molar-refractivity contribution >= 4 is 6.08 Å². The van der Waals surface area contributed by atoms with Crippen molar-refractivity contribution in [2.45, 2.75) is 72.8 Å². The number of allylic oxidation sites excluding steroid dienone is 1. The number of rotatable bonds is 9. The van der Waals surface area contributed by atoms with Crippen molar-refractivity contribution in [3.05, 3.63) is 41.5 Å². The molecule has 0 aliphatic carbocycles. The molecule has 0 aliphatic heterocycles. The quantitative estimate of drug-likeness (QED) is 0.477. The van der Waals surface area contributed by atoms with Crippen molar-refractivity contribution in [2.75, 3.05) is 6.61 Å². The maximum atomic E-state index is 5.75. The largest absolute Gasteiger partial charge is 0.378 e. The van der Waals surface area contributed by atoms with Crippen LogP contribution in [0.25, 0.3) is 6.08 Å². The van der Waals surface area contributed by atoms with Crippen molar-refractivity contribution in [1.82, 2.24) is 0 Å². The Balaban J connectivity index is 2.36. The molecule has 1 rings (SSSR count). The van der Waals surface area contributed by atoms with Crippen LogP contribution in [-0.2, 0) is 4.74 Å². The molecule has 0 radical (unpaired) electrons. The molecule has 0 amide bonds. The highest BCUT2D eigenvalue weighted by Crippen LogP contribution is 2.24. The lowest BCUT2D eigenvalue weighted by molar-refractivity contribution is 0.0176. The summed E-state index contributed by atoms with van der Waals surface area (Å²) in [5.74, 6) is 0.593. The molecule has 124 valence electrons. The Hall–Kier alpha value is -1.08. The fourth-order valence-corrected chi connectivity index (χ4v) is 2.40. The van der Waals surface area contributed by atoms with E-state index in [2.05, 4.69) is 78.0 Å². The predicted molar refractivity (Wildman–Crippen MR) is 98.3 cm³/mol. The summed E-state index contributed by atoms with van der Waals surface area (Å²) in [6.45, 7) is 14.1. The fraction of sp³-hybridized carbons (Fsp3) is 0.619. The van der Waals surface area contributed by atoms with Gasteiger partial charge in [-0.25, -0.2) is 0 Å². The standard InChI is InChI=1S/C21H34O/c1-17(2)20-13-10-12-19(15-20)11-8-7-9-14-21(5,6)16-22-18(3)4/h8,10-13,15,17-18H,7,9,14,16H2,1-6H3/b11-8+. The minimum Gasteiger partial charge on any atom is -0.378 e. The third kappa shape index (κ3) is 7.79. The predicted octanol–water partition coefficient (Wildman–Crippen LogP) is 6.44. The zero-order valence-electron chi connectivity index (χ0n) is 15.4. The van der Waals surface area contributed by atoms with E-state index in [1.807, 2.05) is 0 Å². The third-order valence-corrected chi connectivity index (χ3v) is 3.92. The van der Waals surface area contributed by atoms with E-state index in [1.54, 1.807) is 0 Å². The van der Waals surface area contributed by atoms with Gasteiger partial charge in [0.2, 0.25) is 0 Å². The highest BCUT2D eigenvalue weighted by molar-refractivity contribution is 5.50. The first-order valence-corrected chi connectivity index (χ1v) is 8.68. The van der Waals surface area contributed by atoms with Crippen LogP contribution in [0.2, 0.25) is 0 Å². The zero-order valence-corrected chi connectivity index (χ0v) is 15.4. The number of hydrogen-bond acceptors (Lipinski definition) is 1. The summed E-state index contributed by atoms with van der Waals surface area (Å²) < 4.78 is 5.75. The molecule has 1 aromatic carbocycles. The molecule has 0 atom stereocenters. The molecule has 1 aromatic rings. The van der Waals surface area contributed by atoms with Crippen LogP contribution in [0.1, 0.15) is 77.8 Å². The molecule has 0 heterocycles. The van der Waals surface area contributed by atoms with E-state index in [4.69, 9.17) is 4.74 Å². The van der Waals surface area contributed by atoms with Gasteiger partial charge in [0.25, 0.3) is 0 Å². The van der Waals surface area contributed by atoms with E-state index in [9.17, 15) is 0 Å². The monoisotopic (exact) mass is 302 g/mol. The van der Waals surface area contributed by atoms with E-state index >= 15 is 0 Å². The highest BCUT2D eigenvalue weighted by atomic mass is 16.5. The smallest absolute Gasteiger partial charge is 0.0520 e. The molecular formula is C21H34O. The van der Waals surface area contributed by atoms with Crippen LogP contribution in [0.4, 0.5) is 0 Å². The zero-order chi connectivity index (χ0) is 16.6. The average Bonchev–Trinajstić information content (AvgIpc) is 2.45. The first-order valence-electron chi connectivity index (χ1n) is 8.68. The maximum Gasteiger partial charge on any atom is 0.0520 e. The van der Waals surface area contributed by atoms with Gasteiger partial charge in [-0.15, -0.1) is 0 Å². The third-order valence-electron chi connectivity index (χ3n) is 3.92. The van der Waals surface area contributed by atoms with Crippen LogP contribution in [0.5, 0.6) is 0 Å². The van der Waals surface area contributed by atoms with Crippen LogP contribution in [0.3, 0.4) is 0 Å². The summed E-state index contributed by atoms with van der Waals surface area (Å²) in [6.07, 6.45) is 8.44. The molecule has 0 fully saturated rings. The van der Waals surface area contributed by atoms with Crippen molar-refractivity contribution in [3.63, 3.8) is 0 Å². The van der Waals surface area contributed by atoms with E-state index < -0.39 is 0 Å². The Labute approximate surface area is 137 Å². The summed E-state index contributed by atoms with van der Waals surface area (Å²) >= 11 is 0. The van der Waals surface area contributed by atoms with E-state index in [1.165, 1.54) is 24.0 Å². The van der Waals surface area contributed by atoms with Crippen molar-refractivity contribution in [2.24, 2.45) is 5.41 Å². The molecule has 22 heavy (non-hydrogen) atoms. The van der Waals surface area contributed by atoms with Crippen molar-refractivity contribution < 1.29 is 4.74 Å². The van der Waals surface area contributed by atoms with Gasteiger partial charge >= 0.3 is 0 Å². The van der Waals surface area contributed by atoms with Gasteiger partial charge in [-0.2, -0.15) is 0 Å². The minimum atomic E-state index is 0.273. The lowest BCUT2D eigenvalue weighted by atomic mass is 9.88. The molecule has 0 N–H and O–H groups in total. The lowest BCUT2D eigenvalue weighted by Gasteiger charge is -2.25. The molecule has 1 nitrogen and oxygen atoms in total. The molecule has 0 unspecified atom stereocenters. The van der Waals surface area contributed by atoms with Gasteiger partial charge < -0.3 is 4.74 Å². The number of unbranched alkanes of at least 4 members (excludes halogenated alkanes) is 1. The summed E-state index contributed by atoms with van der Waals surface area (Å²) in [6, 6.07) is 8.84. The van der Waals surface area contributed by atoms with Gasteiger partial charge in [0.1, 0.15) is 0 Å². The van der Waals surface area contributed by atoms with Crippen molar-refractivity contribution in [3.8, 4) is 0 Å². The average molecular weight is 303 g/mol. The van der Waals surface area contributed by atoms with E-state index in [0.717, 1.165) is 13.0 Å². The van der Waals surface area contributed by atoms with E-state index in [0.29, 0.717) is 12.0 Å². The molecule has 0 saturated carbocycles. The second-order valence-electron chi connectivity index (χ2n) is 7.64. The van der Waals surface area contributed by atoms with Gasteiger partial charge in [-0.05, 0) is 55.6 Å². The van der Waals surface area contributed by atoms with Crippen molar-refractivity contribution in [1.29, 1.82) is 0 Å². The summed E-state index contributed by atoms with van der Waals surface area (Å²) in [5.41, 5.74) is 3.00. The number of ether oxygens (including phenoxy) is 1. The maximum absolute atomic E-state index is 5.75. The Morgan fingerprint density at radius 3 is 2.50 bits per heavy atom. The van der Waals surface area contributed by atoms with E-state index in [-0.39, 0.29) is 5.41 Å². The first kappa shape index (κ1) is 19.0. The molecule has 0 aliphatic rings. The second kappa shape index (κ2) is 9.15. The Morgan fingerprint density at radius 2 is 1.86 bits per heavy atom. The van der Waals surface area contributed by atoms with Gasteiger partial charge in [0, 0.05) is 0 Å². The molecular weight excluding hydrogens is 268 g/mol. The van der Waals surface area contributed by atoms with Crippen LogP contribution >= 0.6 is 0 Å². The molecule has 0 saturated heterocycles. The summed E-state index contributed by atoms with van der Waals surface area (Å²) in [4.78, 5) is 0. The normalized spacial score (nSPS) is 12.7. The van der Waals surface area contributed by atoms with Gasteiger partial charge in [0.15, 0.2) is 0 Å². The molecule has 0 spiro atoms. The minimum absolute atomic E-state index is 0.273. The van der Waals surface area contributed by atoms with Crippen LogP contribution < -0.4 is 0 Å². The molecule has 0 bridgehead atoms. The lowest BCUT2D eigenvalue weighted by Crippen LogP contribution is -2.21. The Morgan fingerprint density at radius 1 is 1.14 bits per heavy atom. The highest BCUT2D eigenvalue weighted by Gasteiger charge is 2.17. The second-order valence-corrected chi connectivity index (χ2v) is 7.64. The molecule has 1 heteroatoms. The van der Waals surface area contributed by atoms with Gasteiger partial charge in [-0.3, -0.25) is 0 Å². The number of hydrogen-bond donors (Lipinski definition) is 0. The van der Waals surface area contributed by atoms with Gasteiger partial charge in [0.05, 0.1) is 12.7 Å². The summed E-state index contributed by atoms with van der Waals surface area (Å²) in [7, 11) is 0. The van der Waals surface area contributed by atoms with Gasteiger partial charge in [-0.1, -0.05) is 64.1 Å². The molecule has 0 aromatic heterocycles. The Kier molecular flexibility index (Phi) is 7.89. The number of benzene rings is 1. The Bertz CT molecular complexity index is 455.